The van der Waals surface area contributed by atoms with Crippen LogP contribution in [0.5, 0.6) is 0 Å². The summed E-state index contributed by atoms with van der Waals surface area (Å²) in [6, 6.07) is 0. The normalized spacial score (nSPS) is 13.0. The van der Waals surface area contributed by atoms with Crippen molar-refractivity contribution in [3.8, 4) is 0 Å². The van der Waals surface area contributed by atoms with Gasteiger partial charge in [-0.2, -0.15) is 0 Å². The van der Waals surface area contributed by atoms with Crippen LogP contribution in [-0.2, 0) is 17.2 Å². The van der Waals surface area contributed by atoms with Gasteiger partial charge in [0.2, 0.25) is 0 Å². The van der Waals surface area contributed by atoms with Crippen LogP contribution < -0.4 is 0 Å². The fraction of sp³-hybridized carbons (Fsp3) is 0.667. The van der Waals surface area contributed by atoms with E-state index in [2.05, 4.69) is 7.58 Å². The van der Waals surface area contributed by atoms with Crippen LogP contribution >= 0.6 is 0 Å². The summed E-state index contributed by atoms with van der Waals surface area (Å²) in [4.78, 5) is 21.4. The Labute approximate surface area is 96.9 Å². The summed E-state index contributed by atoms with van der Waals surface area (Å²) in [6.07, 6.45) is -3.36. The minimum absolute atomic E-state index is 0. The molecular weight excluding hydrogens is 243 g/mol. The van der Waals surface area contributed by atoms with Crippen LogP contribution in [0.15, 0.2) is 0 Å². The smallest absolute Gasteiger partial charge is 0.587 e. The maximum Gasteiger partial charge on any atom is 0.885 e. The molecule has 0 spiro atoms. The van der Waals surface area contributed by atoms with Crippen LogP contribution in [0.3, 0.4) is 0 Å². The minimum atomic E-state index is -1.68. The van der Waals surface area contributed by atoms with E-state index in [0.29, 0.717) is 0 Å². The topological polar surface area (TPSA) is 165 Å². The van der Waals surface area contributed by atoms with Gasteiger partial charge in [-0.25, -0.2) is 0 Å². The molecule has 0 aromatic carbocycles. The maximum absolute atomic E-state index is 10.7. The zero-order valence-corrected chi connectivity index (χ0v) is 9.22. The van der Waals surface area contributed by atoms with Crippen LogP contribution in [0.25, 0.3) is 0 Å². The number of aliphatic hydroxyl groups is 4. The van der Waals surface area contributed by atoms with Gasteiger partial charge in [-0.3, -0.25) is 9.59 Å². The number of hydrogen-bond acceptors (Lipinski definition) is 8. The molecule has 0 saturated heterocycles. The summed E-state index contributed by atoms with van der Waals surface area (Å²) in [5.41, 5.74) is 0. The summed E-state index contributed by atoms with van der Waals surface area (Å²) in [5.74, 6) is -2.25. The fourth-order valence-electron chi connectivity index (χ4n) is 0.425. The molecule has 0 aromatic rings. The van der Waals surface area contributed by atoms with Crippen LogP contribution in [0.2, 0.25) is 0 Å². The second-order valence-electron chi connectivity index (χ2n) is 2.37. The maximum atomic E-state index is 10.7. The van der Waals surface area contributed by atoms with Crippen LogP contribution in [0.4, 0.5) is 0 Å². The van der Waals surface area contributed by atoms with Crippen molar-refractivity contribution >= 4 is 27.8 Å². The molecule has 0 aliphatic rings. The molecule has 6 N–H and O–H groups in total. The third kappa shape index (κ3) is 6.70. The van der Waals surface area contributed by atoms with Gasteiger partial charge >= 0.3 is 27.8 Å². The summed E-state index contributed by atoms with van der Waals surface area (Å²) in [6.45, 7) is -1.60. The Morgan fingerprint density at radius 3 is 1.56 bits per heavy atom. The first-order valence-corrected chi connectivity index (χ1v) is 4.77. The van der Waals surface area contributed by atoms with Gasteiger partial charge in [0.05, 0.1) is 13.2 Å². The van der Waals surface area contributed by atoms with Crippen molar-refractivity contribution in [3.05, 3.63) is 0 Å². The average Bonchev–Trinajstić information content (AvgIpc) is 2.26. The Morgan fingerprint density at radius 2 is 1.31 bits per heavy atom. The monoisotopic (exact) mass is 255 g/mol. The third-order valence-corrected chi connectivity index (χ3v) is 1.88. The van der Waals surface area contributed by atoms with E-state index in [-0.39, 0.29) is 5.48 Å². The lowest BCUT2D eigenvalue weighted by atomic mass is 10.4. The quantitative estimate of drug-likeness (QED) is 0.344. The fourth-order valence-corrected chi connectivity index (χ4v) is 0.977. The molecule has 2 atom stereocenters. The highest BCUT2D eigenvalue weighted by Gasteiger charge is 2.22. The largest absolute Gasteiger partial charge is 0.885 e. The minimum Gasteiger partial charge on any atom is -0.587 e. The predicted molar refractivity (Wildman–Crippen MR) is 47.7 cm³/mol. The highest BCUT2D eigenvalue weighted by Crippen LogP contribution is 1.89. The molecule has 2 unspecified atom stereocenters. The van der Waals surface area contributed by atoms with Gasteiger partial charge in [0.1, 0.15) is 0 Å². The van der Waals surface area contributed by atoms with Crippen molar-refractivity contribution in [2.45, 2.75) is 12.2 Å². The molecule has 0 heterocycles. The number of carbonyl (C=O) groups is 2. The zero-order valence-electron chi connectivity index (χ0n) is 8.07. The number of rotatable bonds is 6. The van der Waals surface area contributed by atoms with E-state index in [4.69, 9.17) is 20.4 Å². The predicted octanol–water partition coefficient (Wildman–Crippen LogP) is -4.51. The van der Waals surface area contributed by atoms with Crippen molar-refractivity contribution in [2.24, 2.45) is 0 Å². The lowest BCUT2D eigenvalue weighted by Gasteiger charge is -2.10. The van der Waals surface area contributed by atoms with Gasteiger partial charge in [0.15, 0.2) is 12.2 Å². The molecule has 93 valence electrons. The molecule has 1 radical (unpaired) electrons. The summed E-state index contributed by atoms with van der Waals surface area (Å²) in [7, 11) is 0. The van der Waals surface area contributed by atoms with Gasteiger partial charge in [0, 0.05) is 0 Å². The van der Waals surface area contributed by atoms with Crippen molar-refractivity contribution in [1.82, 2.24) is 0 Å². The molecule has 9 nitrogen and oxygen atoms in total. The van der Waals surface area contributed by atoms with E-state index in [9.17, 15) is 9.59 Å². The van der Waals surface area contributed by atoms with Crippen LogP contribution in [0.1, 0.15) is 0 Å². The SMILES string of the molecule is O.O=C([O][Al][O]C(=O)C(O)CO)C(O)CO. The van der Waals surface area contributed by atoms with E-state index in [0.717, 1.165) is 0 Å². The molecule has 0 aliphatic heterocycles. The number of hydrogen-bond donors (Lipinski definition) is 4. The zero-order chi connectivity index (χ0) is 11.8. The molecule has 0 rings (SSSR count). The van der Waals surface area contributed by atoms with Gasteiger partial charge in [-0.05, 0) is 0 Å². The summed E-state index contributed by atoms with van der Waals surface area (Å²) < 4.78 is 8.52. The third-order valence-electron chi connectivity index (χ3n) is 1.22. The second kappa shape index (κ2) is 9.50. The van der Waals surface area contributed by atoms with Crippen molar-refractivity contribution in [1.29, 1.82) is 0 Å². The number of carbonyl (C=O) groups excluding carboxylic acids is 2. The lowest BCUT2D eigenvalue weighted by molar-refractivity contribution is -0.151. The average molecular weight is 255 g/mol. The van der Waals surface area contributed by atoms with E-state index in [1.54, 1.807) is 0 Å². The number of aliphatic hydroxyl groups excluding tert-OH is 4. The standard InChI is InChI=1S/2C3H6O4.Al.H2O/c2*4-1-2(5)3(6)7;;/h2*2,4-5H,1H2,(H,6,7);;1H2/q;;+2;/p-2. The van der Waals surface area contributed by atoms with Crippen LogP contribution in [0, 0.1) is 0 Å². The highest BCUT2D eigenvalue weighted by atomic mass is 27.2. The summed E-state index contributed by atoms with van der Waals surface area (Å²) >= 11 is -1.54. The molecule has 0 saturated carbocycles. The molecule has 0 aliphatic carbocycles. The molecule has 0 fully saturated rings. The Balaban J connectivity index is 0. The van der Waals surface area contributed by atoms with E-state index >= 15 is 0 Å². The van der Waals surface area contributed by atoms with Gasteiger partial charge in [-0.1, -0.05) is 0 Å². The molecule has 0 amide bonds. The van der Waals surface area contributed by atoms with Crippen molar-refractivity contribution < 1.29 is 43.1 Å². The first-order valence-electron chi connectivity index (χ1n) is 3.83. The van der Waals surface area contributed by atoms with Gasteiger partial charge in [-0.15, -0.1) is 0 Å². The van der Waals surface area contributed by atoms with E-state index in [1.165, 1.54) is 0 Å². The molecular formula is C6H12AlO9. The Kier molecular flexibility index (Phi) is 10.5. The Morgan fingerprint density at radius 1 is 1.00 bits per heavy atom. The summed E-state index contributed by atoms with van der Waals surface area (Å²) in [5, 5.41) is 34.0. The molecule has 16 heavy (non-hydrogen) atoms. The lowest BCUT2D eigenvalue weighted by Crippen LogP contribution is -2.32. The molecule has 0 bridgehead atoms. The van der Waals surface area contributed by atoms with E-state index < -0.39 is 53.2 Å². The molecule has 0 aromatic heterocycles. The first kappa shape index (κ1) is 17.7. The Bertz CT molecular complexity index is 198. The van der Waals surface area contributed by atoms with Crippen LogP contribution in [-0.4, -0.2) is 79.1 Å². The van der Waals surface area contributed by atoms with Gasteiger partial charge < -0.3 is 33.5 Å². The molecule has 10 heteroatoms. The van der Waals surface area contributed by atoms with E-state index in [1.807, 2.05) is 0 Å². The van der Waals surface area contributed by atoms with Gasteiger partial charge in [0.25, 0.3) is 0 Å². The van der Waals surface area contributed by atoms with Crippen molar-refractivity contribution in [2.75, 3.05) is 13.2 Å². The highest BCUT2D eigenvalue weighted by molar-refractivity contribution is 6.26. The Hall–Kier alpha value is -0.728. The first-order chi connectivity index (χ1) is 7.02. The van der Waals surface area contributed by atoms with Crippen molar-refractivity contribution in [3.63, 3.8) is 0 Å². The second-order valence-corrected chi connectivity index (χ2v) is 3.03.